The molecule has 188 valence electrons. The molecule has 13 heteroatoms. The van der Waals surface area contributed by atoms with Gasteiger partial charge in [-0.1, -0.05) is 0 Å². The van der Waals surface area contributed by atoms with Gasteiger partial charge in [0.15, 0.2) is 0 Å². The van der Waals surface area contributed by atoms with E-state index in [2.05, 4.69) is 0 Å². The van der Waals surface area contributed by atoms with Crippen molar-refractivity contribution >= 4 is 29.8 Å². The first-order valence-electron chi connectivity index (χ1n) is 10.8. The van der Waals surface area contributed by atoms with Crippen molar-refractivity contribution in [3.8, 4) is 0 Å². The van der Waals surface area contributed by atoms with Gasteiger partial charge in [0.1, 0.15) is 6.04 Å². The van der Waals surface area contributed by atoms with Crippen LogP contribution in [-0.2, 0) is 24.0 Å². The fourth-order valence-electron chi connectivity index (χ4n) is 3.93. The lowest BCUT2D eigenvalue weighted by Gasteiger charge is -2.34. The second-order valence-corrected chi connectivity index (χ2v) is 8.20. The van der Waals surface area contributed by atoms with Crippen LogP contribution < -0.4 is 0 Å². The van der Waals surface area contributed by atoms with Gasteiger partial charge in [-0.05, 0) is 38.3 Å². The highest BCUT2D eigenvalue weighted by molar-refractivity contribution is 5.75. The van der Waals surface area contributed by atoms with Crippen molar-refractivity contribution in [2.45, 2.75) is 38.1 Å². The Labute approximate surface area is 191 Å². The predicted octanol–water partition coefficient (Wildman–Crippen LogP) is -0.736. The van der Waals surface area contributed by atoms with Crippen LogP contribution in [0.5, 0.6) is 0 Å². The van der Waals surface area contributed by atoms with Crippen LogP contribution in [-0.4, -0.2) is 128 Å². The molecule has 0 aliphatic carbocycles. The monoisotopic (exact) mass is 475 g/mol. The van der Waals surface area contributed by atoms with Gasteiger partial charge < -0.3 is 25.5 Å². The Morgan fingerprint density at radius 3 is 1.67 bits per heavy atom. The molecule has 0 aromatic carbocycles. The lowest BCUT2D eigenvalue weighted by atomic mass is 9.96. The van der Waals surface area contributed by atoms with Gasteiger partial charge in [0.25, 0.3) is 0 Å². The molecule has 2 unspecified atom stereocenters. The predicted molar refractivity (Wildman–Crippen MR) is 113 cm³/mol. The van der Waals surface area contributed by atoms with E-state index in [4.69, 9.17) is 10.2 Å². The molecule has 1 aliphatic heterocycles. The molecule has 13 nitrogen and oxygen atoms in total. The second-order valence-electron chi connectivity index (χ2n) is 8.20. The molecule has 0 bridgehead atoms. The van der Waals surface area contributed by atoms with E-state index in [-0.39, 0.29) is 71.0 Å². The van der Waals surface area contributed by atoms with Crippen molar-refractivity contribution in [2.24, 2.45) is 5.92 Å². The van der Waals surface area contributed by atoms with Gasteiger partial charge in [-0.25, -0.2) is 0 Å². The molecular formula is C20H33N3O10. The number of rotatable bonds is 11. The summed E-state index contributed by atoms with van der Waals surface area (Å²) >= 11 is 0. The molecule has 0 aromatic heterocycles. The summed E-state index contributed by atoms with van der Waals surface area (Å²) in [6, 6.07) is -1.11. The average Bonchev–Trinajstić information content (AvgIpc) is 2.67. The summed E-state index contributed by atoms with van der Waals surface area (Å²) in [5.74, 6) is -5.81. The van der Waals surface area contributed by atoms with Gasteiger partial charge in [-0.15, -0.1) is 0 Å². The van der Waals surface area contributed by atoms with Gasteiger partial charge in [0.2, 0.25) is 0 Å². The van der Waals surface area contributed by atoms with Gasteiger partial charge >= 0.3 is 29.8 Å². The van der Waals surface area contributed by atoms with E-state index in [1.807, 2.05) is 0 Å². The van der Waals surface area contributed by atoms with Crippen molar-refractivity contribution in [2.75, 3.05) is 52.4 Å². The Bertz CT molecular complexity index is 670. The Hall–Kier alpha value is -2.77. The minimum Gasteiger partial charge on any atom is -0.481 e. The SMILES string of the molecule is O=C(O)CCC(C(=O)O)N1CCC(CC(=O)O)CCN(CC(=O)O)CCN(CC(=O)O)CC1. The number of nitrogens with zero attached hydrogens (tertiary/aromatic N) is 3. The molecule has 0 amide bonds. The third-order valence-corrected chi connectivity index (χ3v) is 5.65. The Morgan fingerprint density at radius 2 is 1.18 bits per heavy atom. The Morgan fingerprint density at radius 1 is 0.667 bits per heavy atom. The summed E-state index contributed by atoms with van der Waals surface area (Å²) in [5.41, 5.74) is 0. The summed E-state index contributed by atoms with van der Waals surface area (Å²) in [6.07, 6.45) is 0.0452. The molecule has 1 rings (SSSR count). The number of carbonyl (C=O) groups is 5. The first-order valence-corrected chi connectivity index (χ1v) is 10.8. The van der Waals surface area contributed by atoms with E-state index < -0.39 is 35.9 Å². The van der Waals surface area contributed by atoms with E-state index in [1.165, 1.54) is 0 Å². The lowest BCUT2D eigenvalue weighted by molar-refractivity contribution is -0.146. The van der Waals surface area contributed by atoms with Crippen LogP contribution in [0.2, 0.25) is 0 Å². The molecule has 33 heavy (non-hydrogen) atoms. The number of hydrogen-bond acceptors (Lipinski definition) is 8. The van der Waals surface area contributed by atoms with Crippen LogP contribution in [0, 0.1) is 5.92 Å². The molecular weight excluding hydrogens is 442 g/mol. The van der Waals surface area contributed by atoms with E-state index >= 15 is 0 Å². The van der Waals surface area contributed by atoms with Gasteiger partial charge in [-0.3, -0.25) is 38.7 Å². The first kappa shape index (κ1) is 28.3. The zero-order chi connectivity index (χ0) is 25.0. The van der Waals surface area contributed by atoms with Crippen molar-refractivity contribution in [1.29, 1.82) is 0 Å². The summed E-state index contributed by atoms with van der Waals surface area (Å²) < 4.78 is 0. The fourth-order valence-corrected chi connectivity index (χ4v) is 3.93. The van der Waals surface area contributed by atoms with Crippen LogP contribution in [0.1, 0.15) is 32.1 Å². The highest BCUT2D eigenvalue weighted by atomic mass is 16.4. The van der Waals surface area contributed by atoms with E-state index in [1.54, 1.807) is 14.7 Å². The zero-order valence-electron chi connectivity index (χ0n) is 18.5. The van der Waals surface area contributed by atoms with Crippen molar-refractivity contribution in [3.05, 3.63) is 0 Å². The maximum absolute atomic E-state index is 11.9. The maximum atomic E-state index is 11.9. The molecule has 1 aliphatic rings. The van der Waals surface area contributed by atoms with Crippen LogP contribution in [0.15, 0.2) is 0 Å². The Balaban J connectivity index is 3.11. The molecule has 0 radical (unpaired) electrons. The van der Waals surface area contributed by atoms with Crippen molar-refractivity contribution in [1.82, 2.24) is 14.7 Å². The normalized spacial score (nSPS) is 20.8. The van der Waals surface area contributed by atoms with Crippen LogP contribution >= 0.6 is 0 Å². The molecule has 1 saturated heterocycles. The van der Waals surface area contributed by atoms with Crippen molar-refractivity contribution < 1.29 is 49.5 Å². The van der Waals surface area contributed by atoms with E-state index in [0.717, 1.165) is 0 Å². The maximum Gasteiger partial charge on any atom is 0.320 e. The van der Waals surface area contributed by atoms with Crippen molar-refractivity contribution in [3.63, 3.8) is 0 Å². The molecule has 1 heterocycles. The van der Waals surface area contributed by atoms with E-state index in [0.29, 0.717) is 19.4 Å². The topological polar surface area (TPSA) is 196 Å². The molecule has 0 saturated carbocycles. The average molecular weight is 475 g/mol. The fraction of sp³-hybridized carbons (Fsp3) is 0.750. The Kier molecular flexibility index (Phi) is 12.3. The third kappa shape index (κ3) is 12.2. The number of aliphatic carboxylic acids is 5. The van der Waals surface area contributed by atoms with Crippen LogP contribution in [0.4, 0.5) is 0 Å². The molecule has 1 fully saturated rings. The summed E-state index contributed by atoms with van der Waals surface area (Å²) in [5, 5.41) is 46.3. The first-order chi connectivity index (χ1) is 15.5. The third-order valence-electron chi connectivity index (χ3n) is 5.65. The largest absolute Gasteiger partial charge is 0.481 e. The molecule has 2 atom stereocenters. The quantitative estimate of drug-likeness (QED) is 0.251. The highest BCUT2D eigenvalue weighted by Crippen LogP contribution is 2.19. The summed E-state index contributed by atoms with van der Waals surface area (Å²) in [4.78, 5) is 61.4. The number of carboxylic acid groups (broad SMARTS) is 5. The molecule has 0 spiro atoms. The minimum atomic E-state index is -1.20. The molecule has 0 aromatic rings. The standard InChI is InChI=1S/C20H33N3O10/c24-16(25)2-1-15(20(32)33)23-6-4-14(11-17(26)27)3-5-21(12-18(28)29)7-8-22(9-10-23)13-19(30)31/h14-15H,1-13H2,(H,24,25)(H,26,27)(H,28,29)(H,30,31)(H,32,33). The number of carboxylic acids is 5. The van der Waals surface area contributed by atoms with Gasteiger partial charge in [-0.2, -0.15) is 0 Å². The van der Waals surface area contributed by atoms with Crippen LogP contribution in [0.3, 0.4) is 0 Å². The smallest absolute Gasteiger partial charge is 0.320 e. The summed E-state index contributed by atoms with van der Waals surface area (Å²) in [7, 11) is 0. The van der Waals surface area contributed by atoms with E-state index in [9.17, 15) is 39.3 Å². The van der Waals surface area contributed by atoms with Gasteiger partial charge in [0, 0.05) is 39.0 Å². The minimum absolute atomic E-state index is 0.139. The zero-order valence-corrected chi connectivity index (χ0v) is 18.5. The van der Waals surface area contributed by atoms with Crippen LogP contribution in [0.25, 0.3) is 0 Å². The van der Waals surface area contributed by atoms with Gasteiger partial charge in [0.05, 0.1) is 13.1 Å². The lowest BCUT2D eigenvalue weighted by Crippen LogP contribution is -2.48. The highest BCUT2D eigenvalue weighted by Gasteiger charge is 2.28. The molecule has 5 N–H and O–H groups in total. The number of hydrogen-bond donors (Lipinski definition) is 5. The second kappa shape index (κ2) is 14.4. The summed E-state index contributed by atoms with van der Waals surface area (Å²) in [6.45, 7) is 0.703.